The van der Waals surface area contributed by atoms with Crippen LogP contribution in [0.4, 0.5) is 0 Å². The Balaban J connectivity index is 2.49. The maximum Gasteiger partial charge on any atom is 0.226 e. The average molecular weight is 222 g/mol. The summed E-state index contributed by atoms with van der Waals surface area (Å²) < 4.78 is 11.3. The van der Waals surface area contributed by atoms with Gasteiger partial charge in [-0.3, -0.25) is 4.90 Å². The topological polar surface area (TPSA) is 21.7 Å². The van der Waals surface area contributed by atoms with Crippen LogP contribution in [0.3, 0.4) is 0 Å². The van der Waals surface area contributed by atoms with Crippen LogP contribution >= 0.6 is 11.6 Å². The number of likely N-dealkylation sites (tertiary alicyclic amines) is 1. The minimum atomic E-state index is -0.569. The van der Waals surface area contributed by atoms with Gasteiger partial charge in [0.2, 0.25) is 5.91 Å². The molecular weight excluding hydrogens is 202 g/mol. The SMILES string of the molecule is CCOC(C)(OCCCl)N1CCCC1. The lowest BCUT2D eigenvalue weighted by atomic mass is 10.4. The van der Waals surface area contributed by atoms with Crippen LogP contribution in [-0.2, 0) is 9.47 Å². The van der Waals surface area contributed by atoms with E-state index < -0.39 is 5.91 Å². The Bertz CT molecular complexity index is 162. The molecule has 14 heavy (non-hydrogen) atoms. The van der Waals surface area contributed by atoms with Gasteiger partial charge in [-0.05, 0) is 19.8 Å². The second kappa shape index (κ2) is 5.91. The zero-order valence-electron chi connectivity index (χ0n) is 9.09. The van der Waals surface area contributed by atoms with Crippen molar-refractivity contribution in [2.45, 2.75) is 32.6 Å². The molecule has 1 heterocycles. The van der Waals surface area contributed by atoms with Crippen molar-refractivity contribution in [3.8, 4) is 0 Å². The monoisotopic (exact) mass is 221 g/mol. The predicted molar refractivity (Wildman–Crippen MR) is 57.5 cm³/mol. The van der Waals surface area contributed by atoms with Gasteiger partial charge in [0.15, 0.2) is 0 Å². The van der Waals surface area contributed by atoms with Crippen molar-refractivity contribution in [2.75, 3.05) is 32.2 Å². The van der Waals surface area contributed by atoms with E-state index in [9.17, 15) is 0 Å². The molecule has 0 spiro atoms. The number of hydrogen-bond donors (Lipinski definition) is 0. The molecule has 0 aliphatic carbocycles. The summed E-state index contributed by atoms with van der Waals surface area (Å²) in [5.74, 6) is -0.0589. The van der Waals surface area contributed by atoms with E-state index in [0.29, 0.717) is 19.1 Å². The molecule has 0 amide bonds. The standard InChI is InChI=1S/C10H20ClNO2/c1-3-13-10(2,14-9-6-11)12-7-4-5-8-12/h3-9H2,1-2H3. The van der Waals surface area contributed by atoms with Gasteiger partial charge in [-0.1, -0.05) is 0 Å². The maximum absolute atomic E-state index is 5.67. The number of halogens is 1. The summed E-state index contributed by atoms with van der Waals surface area (Å²) in [6.07, 6.45) is 2.46. The van der Waals surface area contributed by atoms with Gasteiger partial charge in [-0.2, -0.15) is 0 Å². The fraction of sp³-hybridized carbons (Fsp3) is 1.00. The quantitative estimate of drug-likeness (QED) is 0.506. The molecule has 1 atom stereocenters. The number of rotatable bonds is 6. The van der Waals surface area contributed by atoms with E-state index >= 15 is 0 Å². The summed E-state index contributed by atoms with van der Waals surface area (Å²) in [6.45, 7) is 7.27. The fourth-order valence-electron chi connectivity index (χ4n) is 1.84. The molecule has 0 saturated carbocycles. The highest BCUT2D eigenvalue weighted by Crippen LogP contribution is 2.23. The molecule has 1 unspecified atom stereocenters. The van der Waals surface area contributed by atoms with Gasteiger partial charge in [0.25, 0.3) is 0 Å². The van der Waals surface area contributed by atoms with E-state index in [1.54, 1.807) is 0 Å². The smallest absolute Gasteiger partial charge is 0.226 e. The molecule has 1 aliphatic rings. The van der Waals surface area contributed by atoms with Gasteiger partial charge in [-0.15, -0.1) is 11.6 Å². The average Bonchev–Trinajstić information content (AvgIpc) is 2.68. The number of nitrogens with zero attached hydrogens (tertiary/aromatic N) is 1. The number of hydrogen-bond acceptors (Lipinski definition) is 3. The van der Waals surface area contributed by atoms with Gasteiger partial charge < -0.3 is 9.47 Å². The van der Waals surface area contributed by atoms with Gasteiger partial charge in [0.05, 0.1) is 6.61 Å². The summed E-state index contributed by atoms with van der Waals surface area (Å²) in [5.41, 5.74) is 0. The third kappa shape index (κ3) is 3.09. The van der Waals surface area contributed by atoms with E-state index in [2.05, 4.69) is 4.90 Å². The van der Waals surface area contributed by atoms with Crippen molar-refractivity contribution in [2.24, 2.45) is 0 Å². The molecule has 0 aromatic heterocycles. The largest absolute Gasteiger partial charge is 0.338 e. The van der Waals surface area contributed by atoms with E-state index in [0.717, 1.165) is 13.1 Å². The Morgan fingerprint density at radius 1 is 1.29 bits per heavy atom. The summed E-state index contributed by atoms with van der Waals surface area (Å²) in [7, 11) is 0. The molecule has 3 nitrogen and oxygen atoms in total. The zero-order valence-corrected chi connectivity index (χ0v) is 9.85. The van der Waals surface area contributed by atoms with Crippen LogP contribution in [0.15, 0.2) is 0 Å². The molecule has 0 bridgehead atoms. The highest BCUT2D eigenvalue weighted by atomic mass is 35.5. The first-order chi connectivity index (χ1) is 6.73. The van der Waals surface area contributed by atoms with Gasteiger partial charge in [0, 0.05) is 32.5 Å². The molecule has 1 saturated heterocycles. The first-order valence-corrected chi connectivity index (χ1v) is 5.85. The van der Waals surface area contributed by atoms with Crippen molar-refractivity contribution in [3.63, 3.8) is 0 Å². The Morgan fingerprint density at radius 2 is 1.93 bits per heavy atom. The van der Waals surface area contributed by atoms with Gasteiger partial charge >= 0.3 is 0 Å². The molecule has 4 heteroatoms. The molecular formula is C10H20ClNO2. The Kier molecular flexibility index (Phi) is 5.17. The van der Waals surface area contributed by atoms with E-state index in [1.165, 1.54) is 12.8 Å². The predicted octanol–water partition coefficient (Wildman–Crippen LogP) is 2.05. The molecule has 1 aliphatic heterocycles. The van der Waals surface area contributed by atoms with Crippen molar-refractivity contribution in [1.29, 1.82) is 0 Å². The van der Waals surface area contributed by atoms with Crippen LogP contribution in [0.5, 0.6) is 0 Å². The van der Waals surface area contributed by atoms with E-state index in [1.807, 2.05) is 13.8 Å². The highest BCUT2D eigenvalue weighted by Gasteiger charge is 2.35. The lowest BCUT2D eigenvalue weighted by Gasteiger charge is -2.37. The van der Waals surface area contributed by atoms with Crippen LogP contribution in [0, 0.1) is 0 Å². The lowest BCUT2D eigenvalue weighted by molar-refractivity contribution is -0.298. The Labute approximate surface area is 91.3 Å². The maximum atomic E-state index is 5.67. The lowest BCUT2D eigenvalue weighted by Crippen LogP contribution is -2.49. The number of alkyl halides is 1. The summed E-state index contributed by atoms with van der Waals surface area (Å²) in [4.78, 5) is 2.24. The third-order valence-electron chi connectivity index (χ3n) is 2.54. The molecule has 84 valence electrons. The van der Waals surface area contributed by atoms with Crippen LogP contribution in [0.2, 0.25) is 0 Å². The minimum Gasteiger partial charge on any atom is -0.338 e. The Morgan fingerprint density at radius 3 is 2.43 bits per heavy atom. The van der Waals surface area contributed by atoms with Crippen LogP contribution < -0.4 is 0 Å². The minimum absolute atomic E-state index is 0.510. The van der Waals surface area contributed by atoms with Crippen LogP contribution in [0.1, 0.15) is 26.7 Å². The zero-order chi connectivity index (χ0) is 10.4. The Hall–Kier alpha value is 0.170. The first kappa shape index (κ1) is 12.2. The van der Waals surface area contributed by atoms with E-state index in [4.69, 9.17) is 21.1 Å². The molecule has 0 aromatic carbocycles. The van der Waals surface area contributed by atoms with Crippen LogP contribution in [-0.4, -0.2) is 43.0 Å². The first-order valence-electron chi connectivity index (χ1n) is 5.32. The van der Waals surface area contributed by atoms with Crippen molar-refractivity contribution < 1.29 is 9.47 Å². The summed E-state index contributed by atoms with van der Waals surface area (Å²) in [6, 6.07) is 0. The van der Waals surface area contributed by atoms with Gasteiger partial charge in [-0.25, -0.2) is 0 Å². The molecule has 1 fully saturated rings. The van der Waals surface area contributed by atoms with Crippen molar-refractivity contribution in [1.82, 2.24) is 4.90 Å². The molecule has 0 radical (unpaired) electrons. The van der Waals surface area contributed by atoms with Crippen LogP contribution in [0.25, 0.3) is 0 Å². The fourth-order valence-corrected chi connectivity index (χ4v) is 1.92. The highest BCUT2D eigenvalue weighted by molar-refractivity contribution is 6.17. The third-order valence-corrected chi connectivity index (χ3v) is 2.69. The van der Waals surface area contributed by atoms with Crippen molar-refractivity contribution in [3.05, 3.63) is 0 Å². The summed E-state index contributed by atoms with van der Waals surface area (Å²) >= 11 is 5.62. The van der Waals surface area contributed by atoms with Gasteiger partial charge in [0.1, 0.15) is 0 Å². The molecule has 1 rings (SSSR count). The molecule has 0 aromatic rings. The normalized spacial score (nSPS) is 22.5. The summed E-state index contributed by atoms with van der Waals surface area (Å²) in [5, 5.41) is 0. The second-order valence-corrected chi connectivity index (χ2v) is 3.94. The van der Waals surface area contributed by atoms with E-state index in [-0.39, 0.29) is 0 Å². The second-order valence-electron chi connectivity index (χ2n) is 3.56. The van der Waals surface area contributed by atoms with Crippen molar-refractivity contribution >= 4 is 11.6 Å². The molecule has 0 N–H and O–H groups in total. The number of ether oxygens (including phenoxy) is 2.